The molecule has 0 aliphatic carbocycles. The molecule has 0 aliphatic heterocycles. The van der Waals surface area contributed by atoms with Crippen molar-refractivity contribution >= 4 is 46.8 Å². The smallest absolute Gasteiger partial charge is 0.168 e. The minimum atomic E-state index is -0.448. The quantitative estimate of drug-likeness (QED) is 0.186. The van der Waals surface area contributed by atoms with Crippen LogP contribution in [0.4, 0.5) is 4.39 Å². The number of oxime groups is 1. The van der Waals surface area contributed by atoms with Crippen LogP contribution in [-0.2, 0) is 18.1 Å². The third kappa shape index (κ3) is 6.69. The Balaban J connectivity index is 1.52. The Hall–Kier alpha value is -2.60. The van der Waals surface area contributed by atoms with E-state index in [2.05, 4.69) is 5.16 Å². The Morgan fingerprint density at radius 3 is 2.55 bits per heavy atom. The monoisotopic (exact) mass is 479 g/mol. The molecule has 0 saturated heterocycles. The molecule has 0 atom stereocenters. The largest absolute Gasteiger partial charge is 0.489 e. The average Bonchev–Trinajstić information content (AvgIpc) is 2.74. The number of Topliss-reactive ketones (excluding diaryl/α,β-unsaturated/α-hetero) is 1. The lowest BCUT2D eigenvalue weighted by atomic mass is 10.1. The van der Waals surface area contributed by atoms with Crippen LogP contribution in [0.1, 0.15) is 27.9 Å². The van der Waals surface area contributed by atoms with Crippen LogP contribution in [0, 0.1) is 5.82 Å². The van der Waals surface area contributed by atoms with Crippen LogP contribution in [0.2, 0.25) is 15.1 Å². The van der Waals surface area contributed by atoms with Crippen LogP contribution in [0.25, 0.3) is 0 Å². The lowest BCUT2D eigenvalue weighted by Crippen LogP contribution is -2.03. The number of carbonyl (C=O) groups is 1. The highest BCUT2D eigenvalue weighted by molar-refractivity contribution is 6.35. The molecule has 0 amide bonds. The Labute approximate surface area is 194 Å². The third-order valence-corrected chi connectivity index (χ3v) is 5.20. The maximum absolute atomic E-state index is 13.9. The van der Waals surface area contributed by atoms with Crippen LogP contribution in [0.3, 0.4) is 0 Å². The highest BCUT2D eigenvalue weighted by Crippen LogP contribution is 2.23. The van der Waals surface area contributed by atoms with Crippen molar-refractivity contribution in [1.82, 2.24) is 0 Å². The molecule has 0 bridgehead atoms. The predicted molar refractivity (Wildman–Crippen MR) is 121 cm³/mol. The second-order valence-corrected chi connectivity index (χ2v) is 7.69. The van der Waals surface area contributed by atoms with Gasteiger partial charge in [-0.15, -0.1) is 0 Å². The summed E-state index contributed by atoms with van der Waals surface area (Å²) in [5, 5.41) is 5.08. The first-order valence-electron chi connectivity index (χ1n) is 9.20. The Bertz CT molecular complexity index is 1080. The predicted octanol–water partition coefficient (Wildman–Crippen LogP) is 7.14. The summed E-state index contributed by atoms with van der Waals surface area (Å²) in [5.41, 5.74) is 1.42. The molecular weight excluding hydrogens is 464 g/mol. The molecule has 3 aromatic carbocycles. The van der Waals surface area contributed by atoms with E-state index in [1.54, 1.807) is 48.5 Å². The molecular formula is C23H17Cl3FNO3. The van der Waals surface area contributed by atoms with Gasteiger partial charge in [0.25, 0.3) is 0 Å². The van der Waals surface area contributed by atoms with E-state index in [-0.39, 0.29) is 36.0 Å². The first-order chi connectivity index (χ1) is 14.9. The van der Waals surface area contributed by atoms with Crippen molar-refractivity contribution in [2.24, 2.45) is 5.16 Å². The fourth-order valence-electron chi connectivity index (χ4n) is 2.62. The highest BCUT2D eigenvalue weighted by atomic mass is 35.5. The summed E-state index contributed by atoms with van der Waals surface area (Å²) in [7, 11) is 0. The van der Waals surface area contributed by atoms with Crippen molar-refractivity contribution in [3.05, 3.63) is 98.2 Å². The molecule has 31 heavy (non-hydrogen) atoms. The van der Waals surface area contributed by atoms with Crippen LogP contribution < -0.4 is 4.74 Å². The van der Waals surface area contributed by atoms with Gasteiger partial charge in [-0.1, -0.05) is 64.2 Å². The molecule has 0 unspecified atom stereocenters. The van der Waals surface area contributed by atoms with Gasteiger partial charge >= 0.3 is 0 Å². The van der Waals surface area contributed by atoms with Gasteiger partial charge < -0.3 is 9.57 Å². The molecule has 0 fully saturated rings. The summed E-state index contributed by atoms with van der Waals surface area (Å²) >= 11 is 17.9. The Morgan fingerprint density at radius 1 is 0.968 bits per heavy atom. The number of ether oxygens (including phenoxy) is 1. The maximum atomic E-state index is 13.9. The van der Waals surface area contributed by atoms with Crippen molar-refractivity contribution < 1.29 is 18.8 Å². The van der Waals surface area contributed by atoms with Crippen molar-refractivity contribution in [2.45, 2.75) is 19.6 Å². The van der Waals surface area contributed by atoms with Gasteiger partial charge in [0.1, 0.15) is 24.8 Å². The molecule has 0 aliphatic rings. The zero-order chi connectivity index (χ0) is 22.2. The Kier molecular flexibility index (Phi) is 8.29. The minimum absolute atomic E-state index is 0.0386. The topological polar surface area (TPSA) is 47.9 Å². The zero-order valence-corrected chi connectivity index (χ0v) is 18.4. The summed E-state index contributed by atoms with van der Waals surface area (Å²) in [6.45, 7) is 0.105. The second kappa shape index (κ2) is 11.1. The minimum Gasteiger partial charge on any atom is -0.489 e. The first kappa shape index (κ1) is 23.1. The van der Waals surface area contributed by atoms with Gasteiger partial charge in [-0.3, -0.25) is 4.79 Å². The molecule has 0 radical (unpaired) electrons. The summed E-state index contributed by atoms with van der Waals surface area (Å²) < 4.78 is 19.5. The highest BCUT2D eigenvalue weighted by Gasteiger charge is 2.10. The average molecular weight is 481 g/mol. The molecule has 0 saturated carbocycles. The zero-order valence-electron chi connectivity index (χ0n) is 16.2. The van der Waals surface area contributed by atoms with Crippen LogP contribution in [-0.4, -0.2) is 12.0 Å². The molecule has 0 aromatic heterocycles. The van der Waals surface area contributed by atoms with Crippen LogP contribution >= 0.6 is 34.8 Å². The first-order valence-corrected chi connectivity index (χ1v) is 10.3. The normalized spacial score (nSPS) is 11.0. The van der Waals surface area contributed by atoms with Gasteiger partial charge in [0.15, 0.2) is 5.78 Å². The molecule has 160 valence electrons. The van der Waals surface area contributed by atoms with E-state index in [0.29, 0.717) is 21.4 Å². The lowest BCUT2D eigenvalue weighted by Gasteiger charge is -2.09. The molecule has 0 spiro atoms. The van der Waals surface area contributed by atoms with Gasteiger partial charge in [0.2, 0.25) is 0 Å². The summed E-state index contributed by atoms with van der Waals surface area (Å²) in [5.74, 6) is -0.196. The van der Waals surface area contributed by atoms with Gasteiger partial charge in [-0.05, 0) is 36.4 Å². The molecule has 3 rings (SSSR count). The summed E-state index contributed by atoms with van der Waals surface area (Å²) in [4.78, 5) is 17.6. The van der Waals surface area contributed by atoms with Gasteiger partial charge in [-0.2, -0.15) is 0 Å². The number of nitrogens with zero attached hydrogens (tertiary/aromatic N) is 1. The van der Waals surface area contributed by atoms with Crippen molar-refractivity contribution in [2.75, 3.05) is 0 Å². The maximum Gasteiger partial charge on any atom is 0.168 e. The number of hydrogen-bond donors (Lipinski definition) is 0. The number of halogens is 4. The fourth-order valence-corrected chi connectivity index (χ4v) is 3.30. The van der Waals surface area contributed by atoms with Gasteiger partial charge in [0, 0.05) is 33.2 Å². The van der Waals surface area contributed by atoms with E-state index < -0.39 is 5.82 Å². The fraction of sp³-hybridized carbons (Fsp3) is 0.130. The van der Waals surface area contributed by atoms with Crippen LogP contribution in [0.15, 0.2) is 65.8 Å². The lowest BCUT2D eigenvalue weighted by molar-refractivity contribution is 0.0995. The van der Waals surface area contributed by atoms with E-state index in [4.69, 9.17) is 44.4 Å². The van der Waals surface area contributed by atoms with E-state index in [0.717, 1.165) is 5.56 Å². The number of carbonyl (C=O) groups excluding carboxylic acids is 1. The molecule has 0 heterocycles. The van der Waals surface area contributed by atoms with Gasteiger partial charge in [0.05, 0.1) is 11.2 Å². The molecule has 4 nitrogen and oxygen atoms in total. The summed E-state index contributed by atoms with van der Waals surface area (Å²) in [6, 6.07) is 16.1. The number of hydrogen-bond acceptors (Lipinski definition) is 4. The number of ketones is 1. The van der Waals surface area contributed by atoms with E-state index in [1.165, 1.54) is 18.3 Å². The molecule has 3 aromatic rings. The second-order valence-electron chi connectivity index (χ2n) is 6.44. The standard InChI is InChI=1S/C23H17Cl3FNO3/c24-17-8-7-16(21(26)12-17)13-31-28-10-9-23(29)15-3-1-4-18(11-15)30-14-19-20(25)5-2-6-22(19)27/h1-8,10-12H,9,13-14H2. The van der Waals surface area contributed by atoms with Crippen molar-refractivity contribution in [1.29, 1.82) is 0 Å². The van der Waals surface area contributed by atoms with E-state index in [1.807, 2.05) is 0 Å². The van der Waals surface area contributed by atoms with Crippen LogP contribution in [0.5, 0.6) is 5.75 Å². The van der Waals surface area contributed by atoms with Gasteiger partial charge in [-0.25, -0.2) is 4.39 Å². The summed E-state index contributed by atoms with van der Waals surface area (Å²) in [6.07, 6.45) is 1.41. The third-order valence-electron chi connectivity index (χ3n) is 4.26. The Morgan fingerprint density at radius 2 is 1.77 bits per heavy atom. The number of rotatable bonds is 9. The van der Waals surface area contributed by atoms with Crippen molar-refractivity contribution in [3.63, 3.8) is 0 Å². The molecule has 8 heteroatoms. The van der Waals surface area contributed by atoms with E-state index >= 15 is 0 Å². The SMILES string of the molecule is O=C(CC=NOCc1ccc(Cl)cc1Cl)c1cccc(OCc2c(F)cccc2Cl)c1. The number of benzene rings is 3. The molecule has 0 N–H and O–H groups in total. The van der Waals surface area contributed by atoms with Crippen molar-refractivity contribution in [3.8, 4) is 5.75 Å². The van der Waals surface area contributed by atoms with E-state index in [9.17, 15) is 9.18 Å².